The van der Waals surface area contributed by atoms with E-state index in [1.165, 1.54) is 0 Å². The summed E-state index contributed by atoms with van der Waals surface area (Å²) in [6, 6.07) is 0. The molecule has 58 heavy (non-hydrogen) atoms. The number of ether oxygens (including phenoxy) is 2. The van der Waals surface area contributed by atoms with E-state index in [1.807, 2.05) is 51.5 Å². The van der Waals surface area contributed by atoms with Gasteiger partial charge < -0.3 is 38.1 Å². The monoisotopic (exact) mass is 834 g/mol. The molecule has 0 aromatic heterocycles. The molecular formula is C46H76NO10P. The number of aliphatic hydroxyl groups is 2. The lowest BCUT2D eigenvalue weighted by atomic mass is 10.1. The molecular weight excluding hydrogens is 757 g/mol. The van der Waals surface area contributed by atoms with Crippen molar-refractivity contribution in [3.63, 3.8) is 0 Å². The van der Waals surface area contributed by atoms with Gasteiger partial charge in [-0.1, -0.05) is 130 Å². The molecule has 330 valence electrons. The van der Waals surface area contributed by atoms with Crippen LogP contribution in [0.4, 0.5) is 0 Å². The quantitative estimate of drug-likeness (QED) is 0.0156. The first-order chi connectivity index (χ1) is 27.8. The average molecular weight is 834 g/mol. The van der Waals surface area contributed by atoms with E-state index < -0.39 is 44.7 Å². The van der Waals surface area contributed by atoms with E-state index in [4.69, 9.17) is 18.5 Å². The number of quaternary nitrogens is 1. The van der Waals surface area contributed by atoms with Crippen molar-refractivity contribution in [2.75, 3.05) is 47.5 Å². The number of nitrogens with zero attached hydrogens (tertiary/aromatic N) is 1. The predicted octanol–water partition coefficient (Wildman–Crippen LogP) is 9.10. The number of rotatable bonds is 36. The van der Waals surface area contributed by atoms with Crippen LogP contribution in [0.15, 0.2) is 97.2 Å². The number of phosphoric acid groups is 1. The number of hydrogen-bond acceptors (Lipinski definition) is 10. The van der Waals surface area contributed by atoms with Gasteiger partial charge in [0.1, 0.15) is 19.8 Å². The standard InChI is InChI=1S/C46H76NO10P/c1-6-8-10-11-12-13-14-15-16-17-18-19-23-26-30-36-45(50)54-40-44(41-56-58(52,53)55-39-38-47(3,4)5)57-46(51)37-31-35-43(49)34-29-25-22-20-21-24-28-33-42(48)32-27-9-7-2/h8,10,12-13,15-16,18-19,21-22,24-25,28-29,33-34,42-44,48-49H,6-7,9,11,14,17,20,23,26-27,30-32,35-41H2,1-5H3/b10-8-,13-12-,16-15-,19-18-,24-21-,25-22-,33-28+,34-29+/t42-,43-,44-/m1/s1. The molecule has 0 aliphatic rings. The van der Waals surface area contributed by atoms with Crippen LogP contribution in [0.1, 0.15) is 117 Å². The minimum absolute atomic E-state index is 0.0386. The van der Waals surface area contributed by atoms with Gasteiger partial charge in [-0.05, 0) is 70.6 Å². The summed E-state index contributed by atoms with van der Waals surface area (Å²) in [5, 5.41) is 20.2. The summed E-state index contributed by atoms with van der Waals surface area (Å²) in [6.45, 7) is 3.65. The molecule has 0 radical (unpaired) electrons. The van der Waals surface area contributed by atoms with Crippen LogP contribution in [0.3, 0.4) is 0 Å². The van der Waals surface area contributed by atoms with Gasteiger partial charge in [0.15, 0.2) is 6.10 Å². The minimum Gasteiger partial charge on any atom is -0.756 e. The van der Waals surface area contributed by atoms with Crippen molar-refractivity contribution < 1.29 is 52.3 Å². The van der Waals surface area contributed by atoms with Gasteiger partial charge in [-0.15, -0.1) is 0 Å². The van der Waals surface area contributed by atoms with Gasteiger partial charge in [-0.3, -0.25) is 14.2 Å². The molecule has 0 aliphatic heterocycles. The highest BCUT2D eigenvalue weighted by atomic mass is 31.2. The first-order valence-corrected chi connectivity index (χ1v) is 22.6. The second-order valence-electron chi connectivity index (χ2n) is 15.0. The minimum atomic E-state index is -4.71. The van der Waals surface area contributed by atoms with E-state index >= 15 is 0 Å². The average Bonchev–Trinajstić information content (AvgIpc) is 3.16. The van der Waals surface area contributed by atoms with Gasteiger partial charge in [0, 0.05) is 12.8 Å². The number of unbranched alkanes of at least 4 members (excludes halogenated alkanes) is 4. The third-order valence-corrected chi connectivity index (χ3v) is 9.26. The highest BCUT2D eigenvalue weighted by Crippen LogP contribution is 2.38. The molecule has 0 heterocycles. The summed E-state index contributed by atoms with van der Waals surface area (Å²) in [5.41, 5.74) is 0. The molecule has 0 saturated heterocycles. The second-order valence-corrected chi connectivity index (χ2v) is 16.4. The fraction of sp³-hybridized carbons (Fsp3) is 0.609. The van der Waals surface area contributed by atoms with Crippen LogP contribution in [0, 0.1) is 0 Å². The molecule has 0 fully saturated rings. The fourth-order valence-corrected chi connectivity index (χ4v) is 5.64. The van der Waals surface area contributed by atoms with Crippen molar-refractivity contribution in [3.05, 3.63) is 97.2 Å². The Kier molecular flexibility index (Phi) is 34.9. The maximum Gasteiger partial charge on any atom is 0.306 e. The lowest BCUT2D eigenvalue weighted by molar-refractivity contribution is -0.870. The van der Waals surface area contributed by atoms with Crippen molar-refractivity contribution in [1.29, 1.82) is 0 Å². The Bertz CT molecular complexity index is 1340. The number of allylic oxidation sites excluding steroid dienone is 14. The van der Waals surface area contributed by atoms with E-state index in [0.717, 1.165) is 64.2 Å². The van der Waals surface area contributed by atoms with Crippen molar-refractivity contribution in [2.45, 2.75) is 135 Å². The zero-order chi connectivity index (χ0) is 43.2. The summed E-state index contributed by atoms with van der Waals surface area (Å²) >= 11 is 0. The van der Waals surface area contributed by atoms with E-state index in [0.29, 0.717) is 36.7 Å². The maximum absolute atomic E-state index is 12.7. The van der Waals surface area contributed by atoms with Gasteiger partial charge in [0.2, 0.25) is 0 Å². The lowest BCUT2D eigenvalue weighted by Crippen LogP contribution is -2.37. The Morgan fingerprint density at radius 2 is 1.21 bits per heavy atom. The van der Waals surface area contributed by atoms with E-state index in [1.54, 1.807) is 18.2 Å². The summed E-state index contributed by atoms with van der Waals surface area (Å²) in [7, 11) is 0.976. The molecule has 0 aromatic carbocycles. The van der Waals surface area contributed by atoms with E-state index in [-0.39, 0.29) is 26.1 Å². The summed E-state index contributed by atoms with van der Waals surface area (Å²) in [6.07, 6.45) is 40.9. The summed E-state index contributed by atoms with van der Waals surface area (Å²) in [5.74, 6) is -1.12. The molecule has 0 saturated carbocycles. The van der Waals surface area contributed by atoms with Crippen LogP contribution in [0.2, 0.25) is 0 Å². The molecule has 0 bridgehead atoms. The van der Waals surface area contributed by atoms with Crippen molar-refractivity contribution >= 4 is 19.8 Å². The zero-order valence-corrected chi connectivity index (χ0v) is 37.1. The molecule has 11 nitrogen and oxygen atoms in total. The Morgan fingerprint density at radius 3 is 1.79 bits per heavy atom. The van der Waals surface area contributed by atoms with Crippen LogP contribution in [-0.2, 0) is 32.7 Å². The van der Waals surface area contributed by atoms with Crippen molar-refractivity contribution in [2.24, 2.45) is 0 Å². The van der Waals surface area contributed by atoms with Crippen LogP contribution in [-0.4, -0.2) is 92.5 Å². The number of phosphoric ester groups is 1. The highest BCUT2D eigenvalue weighted by Gasteiger charge is 2.22. The van der Waals surface area contributed by atoms with Gasteiger partial charge in [-0.25, -0.2) is 0 Å². The molecule has 1 unspecified atom stereocenters. The Morgan fingerprint density at radius 1 is 0.655 bits per heavy atom. The number of carbonyl (C=O) groups is 2. The molecule has 4 atom stereocenters. The van der Waals surface area contributed by atoms with Gasteiger partial charge in [-0.2, -0.15) is 0 Å². The third-order valence-electron chi connectivity index (χ3n) is 8.30. The van der Waals surface area contributed by atoms with Crippen LogP contribution < -0.4 is 4.89 Å². The molecule has 2 N–H and O–H groups in total. The van der Waals surface area contributed by atoms with Crippen LogP contribution >= 0.6 is 7.82 Å². The molecule has 0 amide bonds. The summed E-state index contributed by atoms with van der Waals surface area (Å²) < 4.78 is 33.6. The first kappa shape index (κ1) is 54.9. The van der Waals surface area contributed by atoms with Gasteiger partial charge in [0.05, 0.1) is 40.0 Å². The predicted molar refractivity (Wildman–Crippen MR) is 234 cm³/mol. The fourth-order valence-electron chi connectivity index (χ4n) is 4.92. The number of esters is 2. The summed E-state index contributed by atoms with van der Waals surface area (Å²) in [4.78, 5) is 37.5. The lowest BCUT2D eigenvalue weighted by Gasteiger charge is -2.28. The molecule has 0 rings (SSSR count). The SMILES string of the molecule is CC/C=C\C/C=C\C/C=C\C/C=C\CCCCC(=O)OC[C@H](COP(=O)([O-])OCC[N+](C)(C)C)OC(=O)CCC[C@H](O)/C=C/C=C\C/C=C\C=C\[C@H](O)CCCCC. The zero-order valence-electron chi connectivity index (χ0n) is 36.2. The van der Waals surface area contributed by atoms with E-state index in [2.05, 4.69) is 62.5 Å². The van der Waals surface area contributed by atoms with Crippen LogP contribution in [0.5, 0.6) is 0 Å². The smallest absolute Gasteiger partial charge is 0.306 e. The normalized spacial score (nSPS) is 15.7. The number of carbonyl (C=O) groups excluding carboxylic acids is 2. The van der Waals surface area contributed by atoms with Crippen molar-refractivity contribution in [1.82, 2.24) is 0 Å². The Balaban J connectivity index is 4.73. The van der Waals surface area contributed by atoms with E-state index in [9.17, 15) is 29.3 Å². The second kappa shape index (κ2) is 36.9. The first-order valence-electron chi connectivity index (χ1n) is 21.2. The number of likely N-dealkylation sites (N-methyl/N-ethyl adjacent to an activating group) is 1. The molecule has 0 aliphatic carbocycles. The Hall–Kier alpha value is -3.15. The highest BCUT2D eigenvalue weighted by molar-refractivity contribution is 7.45. The molecule has 0 aromatic rings. The topological polar surface area (TPSA) is 152 Å². The molecule has 0 spiro atoms. The maximum atomic E-state index is 12.7. The van der Waals surface area contributed by atoms with Gasteiger partial charge in [0.25, 0.3) is 7.82 Å². The largest absolute Gasteiger partial charge is 0.756 e. The number of aliphatic hydroxyl groups excluding tert-OH is 2. The molecule has 12 heteroatoms. The number of hydrogen-bond donors (Lipinski definition) is 2. The Labute approximate surface area is 350 Å². The van der Waals surface area contributed by atoms with Crippen LogP contribution in [0.25, 0.3) is 0 Å². The van der Waals surface area contributed by atoms with Crippen molar-refractivity contribution in [3.8, 4) is 0 Å². The van der Waals surface area contributed by atoms with Gasteiger partial charge >= 0.3 is 11.9 Å². The third kappa shape index (κ3) is 39.7.